The maximum absolute atomic E-state index is 6.35. The van der Waals surface area contributed by atoms with E-state index in [0.29, 0.717) is 0 Å². The molecule has 24 heavy (non-hydrogen) atoms. The average Bonchev–Trinajstić information content (AvgIpc) is 2.58. The Bertz CT molecular complexity index is 862. The van der Waals surface area contributed by atoms with E-state index in [4.69, 9.17) is 5.73 Å². The van der Waals surface area contributed by atoms with Crippen molar-refractivity contribution in [3.05, 3.63) is 69.8 Å². The highest BCUT2D eigenvalue weighted by atomic mass is 14.6. The number of anilines is 1. The summed E-state index contributed by atoms with van der Waals surface area (Å²) < 4.78 is 0. The van der Waals surface area contributed by atoms with Gasteiger partial charge in [-0.25, -0.2) is 0 Å². The molecule has 2 aromatic rings. The third-order valence-corrected chi connectivity index (χ3v) is 5.13. The van der Waals surface area contributed by atoms with Crippen LogP contribution in [0.1, 0.15) is 52.6 Å². The van der Waals surface area contributed by atoms with Crippen molar-refractivity contribution >= 4 is 11.8 Å². The van der Waals surface area contributed by atoms with Gasteiger partial charge < -0.3 is 5.73 Å². The van der Waals surface area contributed by atoms with Gasteiger partial charge in [0.15, 0.2) is 0 Å². The second kappa shape index (κ2) is 6.57. The van der Waals surface area contributed by atoms with Crippen LogP contribution < -0.4 is 5.73 Å². The third kappa shape index (κ3) is 3.10. The van der Waals surface area contributed by atoms with Gasteiger partial charge in [-0.05, 0) is 77.6 Å². The van der Waals surface area contributed by atoms with Gasteiger partial charge in [-0.15, -0.1) is 0 Å². The van der Waals surface area contributed by atoms with Gasteiger partial charge >= 0.3 is 0 Å². The van der Waals surface area contributed by atoms with Gasteiger partial charge in [-0.1, -0.05) is 42.2 Å². The van der Waals surface area contributed by atoms with E-state index in [-0.39, 0.29) is 0 Å². The summed E-state index contributed by atoms with van der Waals surface area (Å²) in [5.41, 5.74) is 15.4. The number of fused-ring (bicyclic) bond motifs is 2. The lowest BCUT2D eigenvalue weighted by atomic mass is 9.88. The lowest BCUT2D eigenvalue weighted by Crippen LogP contribution is -2.04. The number of nitrogens with two attached hydrogens (primary N) is 1. The number of nitrogen functional groups attached to an aromatic ring is 1. The summed E-state index contributed by atoms with van der Waals surface area (Å²) in [5.74, 6) is 6.37. The average molecular weight is 313 g/mol. The highest BCUT2D eigenvalue weighted by molar-refractivity contribution is 5.64. The fraction of sp³-hybridized carbons (Fsp3) is 0.304. The summed E-state index contributed by atoms with van der Waals surface area (Å²) in [6.07, 6.45) is 12.0. The van der Waals surface area contributed by atoms with Crippen molar-refractivity contribution in [1.82, 2.24) is 0 Å². The predicted molar refractivity (Wildman–Crippen MR) is 102 cm³/mol. The van der Waals surface area contributed by atoms with Crippen LogP contribution >= 0.6 is 0 Å². The minimum absolute atomic E-state index is 0.795. The summed E-state index contributed by atoms with van der Waals surface area (Å²) in [7, 11) is 0. The second-order valence-corrected chi connectivity index (χ2v) is 6.87. The SMILES string of the molecule is Nc1cc2c(cc1Cc1ccc3c(c1)CCCC3)/C=C\CC#CC2. The zero-order valence-corrected chi connectivity index (χ0v) is 14.1. The summed E-state index contributed by atoms with van der Waals surface area (Å²) in [6.45, 7) is 0. The van der Waals surface area contributed by atoms with Crippen LogP contribution in [0, 0.1) is 11.8 Å². The van der Waals surface area contributed by atoms with E-state index in [1.807, 2.05) is 0 Å². The molecule has 0 aromatic heterocycles. The molecule has 120 valence electrons. The van der Waals surface area contributed by atoms with Crippen molar-refractivity contribution in [2.24, 2.45) is 0 Å². The lowest BCUT2D eigenvalue weighted by Gasteiger charge is -2.17. The van der Waals surface area contributed by atoms with Crippen LogP contribution in [0.2, 0.25) is 0 Å². The highest BCUT2D eigenvalue weighted by Gasteiger charge is 2.11. The first-order valence-corrected chi connectivity index (χ1v) is 8.94. The molecule has 0 aliphatic heterocycles. The van der Waals surface area contributed by atoms with Crippen LogP contribution in [-0.4, -0.2) is 0 Å². The predicted octanol–water partition coefficient (Wildman–Crippen LogP) is 4.70. The van der Waals surface area contributed by atoms with Crippen molar-refractivity contribution < 1.29 is 0 Å². The molecule has 4 rings (SSSR count). The number of hydrogen-bond acceptors (Lipinski definition) is 1. The van der Waals surface area contributed by atoms with Gasteiger partial charge in [0.1, 0.15) is 0 Å². The molecule has 1 nitrogen and oxygen atoms in total. The monoisotopic (exact) mass is 313 g/mol. The molecule has 1 heteroatoms. The molecule has 2 aliphatic carbocycles. The summed E-state index contributed by atoms with van der Waals surface area (Å²) in [4.78, 5) is 0. The maximum Gasteiger partial charge on any atom is 0.0353 e. The number of benzene rings is 2. The number of allylic oxidation sites excluding steroid dienone is 1. The van der Waals surface area contributed by atoms with Gasteiger partial charge in [0, 0.05) is 18.5 Å². The molecular formula is C23H23N. The Labute approximate surface area is 144 Å². The fourth-order valence-corrected chi connectivity index (χ4v) is 3.78. The molecule has 0 bridgehead atoms. The molecule has 0 spiro atoms. The summed E-state index contributed by atoms with van der Waals surface area (Å²) >= 11 is 0. The van der Waals surface area contributed by atoms with E-state index >= 15 is 0 Å². The third-order valence-electron chi connectivity index (χ3n) is 5.13. The first-order valence-electron chi connectivity index (χ1n) is 8.94. The standard InChI is InChI=1S/C23H23N/c24-23-16-21-9-4-2-1-3-8-20(21)15-22(23)14-17-11-12-18-7-5-6-10-19(18)13-17/h3,8,11-13,15-16H,1,5-7,9-10,14,24H2/b8-3-. The molecule has 2 aromatic carbocycles. The van der Waals surface area contributed by atoms with E-state index in [0.717, 1.165) is 24.9 Å². The van der Waals surface area contributed by atoms with E-state index in [1.54, 1.807) is 5.56 Å². The van der Waals surface area contributed by atoms with Crippen LogP contribution in [-0.2, 0) is 25.7 Å². The molecule has 2 N–H and O–H groups in total. The molecule has 0 radical (unpaired) electrons. The Morgan fingerprint density at radius 3 is 2.71 bits per heavy atom. The smallest absolute Gasteiger partial charge is 0.0353 e. The van der Waals surface area contributed by atoms with E-state index in [1.165, 1.54) is 53.5 Å². The molecule has 0 atom stereocenters. The molecule has 0 amide bonds. The Kier molecular flexibility index (Phi) is 4.13. The molecule has 2 aliphatic rings. The summed E-state index contributed by atoms with van der Waals surface area (Å²) in [6, 6.07) is 11.4. The minimum atomic E-state index is 0.795. The van der Waals surface area contributed by atoms with E-state index in [9.17, 15) is 0 Å². The van der Waals surface area contributed by atoms with Gasteiger partial charge in [0.25, 0.3) is 0 Å². The van der Waals surface area contributed by atoms with Gasteiger partial charge in [0.2, 0.25) is 0 Å². The van der Waals surface area contributed by atoms with Crippen molar-refractivity contribution in [3.63, 3.8) is 0 Å². The first kappa shape index (κ1) is 15.1. The quantitative estimate of drug-likeness (QED) is 0.631. The van der Waals surface area contributed by atoms with Crippen molar-refractivity contribution in [3.8, 4) is 11.8 Å². The van der Waals surface area contributed by atoms with Crippen LogP contribution in [0.5, 0.6) is 0 Å². The van der Waals surface area contributed by atoms with Gasteiger partial charge in [-0.2, -0.15) is 0 Å². The first-order chi connectivity index (χ1) is 11.8. The highest BCUT2D eigenvalue weighted by Crippen LogP contribution is 2.27. The fourth-order valence-electron chi connectivity index (χ4n) is 3.78. The number of rotatable bonds is 2. The maximum atomic E-state index is 6.35. The molecule has 0 saturated carbocycles. The van der Waals surface area contributed by atoms with E-state index in [2.05, 4.69) is 54.3 Å². The summed E-state index contributed by atoms with van der Waals surface area (Å²) in [5, 5.41) is 0. The Morgan fingerprint density at radius 2 is 1.79 bits per heavy atom. The normalized spacial score (nSPS) is 16.8. The molecule has 0 unspecified atom stereocenters. The lowest BCUT2D eigenvalue weighted by molar-refractivity contribution is 0.684. The number of hydrogen-bond donors (Lipinski definition) is 1. The van der Waals surface area contributed by atoms with Crippen LogP contribution in [0.3, 0.4) is 0 Å². The zero-order chi connectivity index (χ0) is 16.4. The topological polar surface area (TPSA) is 26.0 Å². The van der Waals surface area contributed by atoms with Crippen molar-refractivity contribution in [1.29, 1.82) is 0 Å². The van der Waals surface area contributed by atoms with Gasteiger partial charge in [0.05, 0.1) is 0 Å². The van der Waals surface area contributed by atoms with Crippen LogP contribution in [0.25, 0.3) is 6.08 Å². The van der Waals surface area contributed by atoms with Crippen molar-refractivity contribution in [2.45, 2.75) is 44.9 Å². The Balaban J connectivity index is 1.65. The minimum Gasteiger partial charge on any atom is -0.398 e. The molecule has 0 fully saturated rings. The van der Waals surface area contributed by atoms with E-state index < -0.39 is 0 Å². The van der Waals surface area contributed by atoms with Crippen LogP contribution in [0.15, 0.2) is 36.4 Å². The van der Waals surface area contributed by atoms with Crippen molar-refractivity contribution in [2.75, 3.05) is 5.73 Å². The molecule has 0 saturated heterocycles. The zero-order valence-electron chi connectivity index (χ0n) is 14.1. The van der Waals surface area contributed by atoms with Crippen LogP contribution in [0.4, 0.5) is 5.69 Å². The Morgan fingerprint density at radius 1 is 0.917 bits per heavy atom. The Hall–Kier alpha value is -2.46. The van der Waals surface area contributed by atoms with Gasteiger partial charge in [-0.3, -0.25) is 0 Å². The number of aryl methyl sites for hydroxylation is 2. The molecule has 0 heterocycles. The second-order valence-electron chi connectivity index (χ2n) is 6.87. The largest absolute Gasteiger partial charge is 0.398 e. The molecular weight excluding hydrogens is 290 g/mol.